The SMILES string of the molecule is CC(C1CC1)n1nccc1NC(=O)CC1CCCCC1. The van der Waals surface area contributed by atoms with E-state index in [1.807, 2.05) is 10.7 Å². The van der Waals surface area contributed by atoms with Gasteiger partial charge < -0.3 is 5.32 Å². The van der Waals surface area contributed by atoms with Gasteiger partial charge in [-0.15, -0.1) is 0 Å². The van der Waals surface area contributed by atoms with Crippen LogP contribution >= 0.6 is 0 Å². The van der Waals surface area contributed by atoms with Gasteiger partial charge in [-0.3, -0.25) is 4.79 Å². The molecule has 1 N–H and O–H groups in total. The monoisotopic (exact) mass is 275 g/mol. The maximum Gasteiger partial charge on any atom is 0.225 e. The van der Waals surface area contributed by atoms with Crippen molar-refractivity contribution in [2.24, 2.45) is 11.8 Å². The lowest BCUT2D eigenvalue weighted by Crippen LogP contribution is -2.21. The van der Waals surface area contributed by atoms with Crippen molar-refractivity contribution in [1.82, 2.24) is 9.78 Å². The molecule has 0 saturated heterocycles. The highest BCUT2D eigenvalue weighted by Gasteiger charge is 2.30. The third-order valence-electron chi connectivity index (χ3n) is 4.83. The summed E-state index contributed by atoms with van der Waals surface area (Å²) in [6.07, 6.45) is 11.4. The van der Waals surface area contributed by atoms with E-state index < -0.39 is 0 Å². The number of carbonyl (C=O) groups excluding carboxylic acids is 1. The van der Waals surface area contributed by atoms with Gasteiger partial charge in [0.25, 0.3) is 0 Å². The van der Waals surface area contributed by atoms with Crippen LogP contribution in [0.1, 0.15) is 64.3 Å². The molecule has 0 bridgehead atoms. The summed E-state index contributed by atoms with van der Waals surface area (Å²) in [6.45, 7) is 2.20. The number of aromatic nitrogens is 2. The third-order valence-corrected chi connectivity index (χ3v) is 4.83. The molecule has 20 heavy (non-hydrogen) atoms. The number of rotatable bonds is 5. The van der Waals surface area contributed by atoms with E-state index in [0.717, 1.165) is 11.7 Å². The van der Waals surface area contributed by atoms with Gasteiger partial charge in [-0.2, -0.15) is 5.10 Å². The lowest BCUT2D eigenvalue weighted by molar-refractivity contribution is -0.117. The summed E-state index contributed by atoms with van der Waals surface area (Å²) in [6, 6.07) is 2.31. The molecule has 1 heterocycles. The molecular weight excluding hydrogens is 250 g/mol. The second-order valence-corrected chi connectivity index (χ2v) is 6.50. The molecule has 2 aliphatic carbocycles. The van der Waals surface area contributed by atoms with Gasteiger partial charge in [0, 0.05) is 12.5 Å². The van der Waals surface area contributed by atoms with E-state index in [4.69, 9.17) is 0 Å². The minimum atomic E-state index is 0.154. The summed E-state index contributed by atoms with van der Waals surface area (Å²) in [5.41, 5.74) is 0. The van der Waals surface area contributed by atoms with Crippen LogP contribution in [0, 0.1) is 11.8 Å². The predicted molar refractivity (Wildman–Crippen MR) is 79.5 cm³/mol. The maximum atomic E-state index is 12.2. The summed E-state index contributed by atoms with van der Waals surface area (Å²) in [5, 5.41) is 7.44. The molecule has 0 spiro atoms. The number of carbonyl (C=O) groups is 1. The van der Waals surface area contributed by atoms with Crippen LogP contribution in [-0.4, -0.2) is 15.7 Å². The zero-order valence-corrected chi connectivity index (χ0v) is 12.3. The van der Waals surface area contributed by atoms with Crippen molar-refractivity contribution >= 4 is 11.7 Å². The molecule has 1 amide bonds. The summed E-state index contributed by atoms with van der Waals surface area (Å²) in [5.74, 6) is 2.34. The van der Waals surface area contributed by atoms with E-state index in [1.54, 1.807) is 6.20 Å². The number of anilines is 1. The van der Waals surface area contributed by atoms with E-state index in [0.29, 0.717) is 18.4 Å². The fourth-order valence-corrected chi connectivity index (χ4v) is 3.36. The molecule has 110 valence electrons. The van der Waals surface area contributed by atoms with Crippen LogP contribution in [0.4, 0.5) is 5.82 Å². The van der Waals surface area contributed by atoms with Crippen LogP contribution in [0.5, 0.6) is 0 Å². The molecule has 3 rings (SSSR count). The van der Waals surface area contributed by atoms with Crippen molar-refractivity contribution in [2.45, 2.75) is 64.3 Å². The van der Waals surface area contributed by atoms with Crippen LogP contribution in [-0.2, 0) is 4.79 Å². The predicted octanol–water partition coefficient (Wildman–Crippen LogP) is 3.76. The Kier molecular flexibility index (Phi) is 4.08. The van der Waals surface area contributed by atoms with E-state index in [1.165, 1.54) is 44.9 Å². The summed E-state index contributed by atoms with van der Waals surface area (Å²) in [4.78, 5) is 12.2. The molecule has 2 aliphatic rings. The fourth-order valence-electron chi connectivity index (χ4n) is 3.36. The van der Waals surface area contributed by atoms with Crippen LogP contribution in [0.2, 0.25) is 0 Å². The molecule has 4 heteroatoms. The molecular formula is C16H25N3O. The van der Waals surface area contributed by atoms with Crippen LogP contribution in [0.25, 0.3) is 0 Å². The van der Waals surface area contributed by atoms with Gasteiger partial charge >= 0.3 is 0 Å². The molecule has 1 aromatic heterocycles. The first-order valence-electron chi connectivity index (χ1n) is 8.07. The highest BCUT2D eigenvalue weighted by Crippen LogP contribution is 2.40. The number of nitrogens with one attached hydrogen (secondary N) is 1. The van der Waals surface area contributed by atoms with Crippen molar-refractivity contribution in [2.75, 3.05) is 5.32 Å². The Morgan fingerprint density at radius 1 is 1.35 bits per heavy atom. The average Bonchev–Trinajstić information content (AvgIpc) is 3.20. The molecule has 0 radical (unpaired) electrons. The normalized spacial score (nSPS) is 21.6. The lowest BCUT2D eigenvalue weighted by atomic mass is 9.87. The van der Waals surface area contributed by atoms with Crippen molar-refractivity contribution in [1.29, 1.82) is 0 Å². The van der Waals surface area contributed by atoms with Gasteiger partial charge in [-0.05, 0) is 44.4 Å². The second kappa shape index (κ2) is 5.98. The van der Waals surface area contributed by atoms with Gasteiger partial charge in [-0.25, -0.2) is 4.68 Å². The molecule has 1 aromatic rings. The highest BCUT2D eigenvalue weighted by molar-refractivity contribution is 5.90. The number of nitrogens with zero attached hydrogens (tertiary/aromatic N) is 2. The minimum Gasteiger partial charge on any atom is -0.311 e. The standard InChI is InChI=1S/C16H25N3O/c1-12(14-7-8-14)19-15(9-10-17-19)18-16(20)11-13-5-3-2-4-6-13/h9-10,12-14H,2-8,11H2,1H3,(H,18,20). The van der Waals surface area contributed by atoms with E-state index >= 15 is 0 Å². The van der Waals surface area contributed by atoms with Crippen LogP contribution in [0.15, 0.2) is 12.3 Å². The van der Waals surface area contributed by atoms with Gasteiger partial charge in [0.2, 0.25) is 5.91 Å². The van der Waals surface area contributed by atoms with Crippen molar-refractivity contribution < 1.29 is 4.79 Å². The van der Waals surface area contributed by atoms with Gasteiger partial charge in [0.15, 0.2) is 0 Å². The number of hydrogen-bond acceptors (Lipinski definition) is 2. The summed E-state index contributed by atoms with van der Waals surface area (Å²) >= 11 is 0. The summed E-state index contributed by atoms with van der Waals surface area (Å²) < 4.78 is 1.98. The Labute approximate surface area is 120 Å². The first kappa shape index (κ1) is 13.7. The topological polar surface area (TPSA) is 46.9 Å². The van der Waals surface area contributed by atoms with Gasteiger partial charge in [0.1, 0.15) is 5.82 Å². The zero-order chi connectivity index (χ0) is 13.9. The summed E-state index contributed by atoms with van der Waals surface area (Å²) in [7, 11) is 0. The Morgan fingerprint density at radius 3 is 2.80 bits per heavy atom. The first-order chi connectivity index (χ1) is 9.74. The smallest absolute Gasteiger partial charge is 0.225 e. The fraction of sp³-hybridized carbons (Fsp3) is 0.750. The van der Waals surface area contributed by atoms with Crippen molar-refractivity contribution in [3.63, 3.8) is 0 Å². The Balaban J connectivity index is 1.56. The van der Waals surface area contributed by atoms with Gasteiger partial charge in [0.05, 0.1) is 12.2 Å². The first-order valence-corrected chi connectivity index (χ1v) is 8.07. The zero-order valence-electron chi connectivity index (χ0n) is 12.3. The van der Waals surface area contributed by atoms with Crippen molar-refractivity contribution in [3.8, 4) is 0 Å². The Morgan fingerprint density at radius 2 is 2.10 bits per heavy atom. The number of amides is 1. The molecule has 2 saturated carbocycles. The molecule has 0 aromatic carbocycles. The van der Waals surface area contributed by atoms with Crippen molar-refractivity contribution in [3.05, 3.63) is 12.3 Å². The van der Waals surface area contributed by atoms with Crippen LogP contribution < -0.4 is 5.32 Å². The molecule has 0 aliphatic heterocycles. The largest absolute Gasteiger partial charge is 0.311 e. The Bertz CT molecular complexity index is 458. The second-order valence-electron chi connectivity index (χ2n) is 6.50. The average molecular weight is 275 g/mol. The Hall–Kier alpha value is -1.32. The molecule has 1 atom stereocenters. The van der Waals surface area contributed by atoms with Crippen LogP contribution in [0.3, 0.4) is 0 Å². The molecule has 1 unspecified atom stereocenters. The third kappa shape index (κ3) is 3.22. The van der Waals surface area contributed by atoms with E-state index in [9.17, 15) is 4.79 Å². The van der Waals surface area contributed by atoms with E-state index in [2.05, 4.69) is 17.3 Å². The molecule has 4 nitrogen and oxygen atoms in total. The van der Waals surface area contributed by atoms with Gasteiger partial charge in [-0.1, -0.05) is 19.3 Å². The minimum absolute atomic E-state index is 0.154. The van der Waals surface area contributed by atoms with E-state index in [-0.39, 0.29) is 5.91 Å². The quantitative estimate of drug-likeness (QED) is 0.889. The maximum absolute atomic E-state index is 12.2. The molecule has 2 fully saturated rings. The highest BCUT2D eigenvalue weighted by atomic mass is 16.1. The number of hydrogen-bond donors (Lipinski definition) is 1. The lowest BCUT2D eigenvalue weighted by Gasteiger charge is -2.21.